The number of carbonyl (C=O) groups is 2. The van der Waals surface area contributed by atoms with Crippen molar-refractivity contribution in [2.45, 2.75) is 19.9 Å². The maximum atomic E-state index is 13.8. The highest BCUT2D eigenvalue weighted by molar-refractivity contribution is 7.86. The molecule has 15 heteroatoms. The first-order chi connectivity index (χ1) is 18.6. The molecule has 0 bridgehead atoms. The first-order valence-corrected chi connectivity index (χ1v) is 13.9. The zero-order valence-electron chi connectivity index (χ0n) is 21.9. The minimum atomic E-state index is -3.84. The number of imidazole rings is 1. The van der Waals surface area contributed by atoms with Gasteiger partial charge in [-0.2, -0.15) is 8.42 Å². The Kier molecular flexibility index (Phi) is 8.84. The number of ether oxygens (including phenoxy) is 2. The maximum Gasteiger partial charge on any atom is 0.358 e. The van der Waals surface area contributed by atoms with Crippen LogP contribution in [-0.2, 0) is 30.3 Å². The Morgan fingerprint density at radius 1 is 1.23 bits per heavy atom. The summed E-state index contributed by atoms with van der Waals surface area (Å²) in [6, 6.07) is 3.79. The van der Waals surface area contributed by atoms with Crippen LogP contribution in [0.4, 0.5) is 4.39 Å². The van der Waals surface area contributed by atoms with E-state index in [2.05, 4.69) is 10.5 Å². The standard InChI is InChI=1S/C24H31FN6O7S/c1-4-36-15-18-13-30(27-29(18)3)8-5-11-39(34,35)38-10-9-37-24(33)22-21-14-28(2)23(32)19-12-17(25)6-7-20(19)31(21)16-26-22/h6-7,12-13,16,27H,4-5,8-11,14-15H2,1-3H3. The molecule has 1 aromatic heterocycles. The number of esters is 1. The Balaban J connectivity index is 1.26. The molecular formula is C24H31FN6O7S. The third kappa shape index (κ3) is 6.73. The molecule has 0 atom stereocenters. The SMILES string of the molecule is CCOCC1=CN(CCCS(=O)(=O)OCCOC(=O)c2ncn3c2CN(C)C(=O)c2cc(F)ccc2-3)NN1C. The number of fused-ring (bicyclic) bond motifs is 3. The molecule has 1 amide bonds. The second kappa shape index (κ2) is 12.1. The summed E-state index contributed by atoms with van der Waals surface area (Å²) >= 11 is 0. The number of hydrazine groups is 2. The number of rotatable bonds is 12. The van der Waals surface area contributed by atoms with Crippen LogP contribution in [0.25, 0.3) is 5.69 Å². The number of hydrogen-bond acceptors (Lipinski definition) is 11. The molecular weight excluding hydrogens is 535 g/mol. The molecule has 0 saturated carbocycles. The molecule has 2 aliphatic heterocycles. The summed E-state index contributed by atoms with van der Waals surface area (Å²) in [5.41, 5.74) is 4.87. The highest BCUT2D eigenvalue weighted by Crippen LogP contribution is 2.26. The van der Waals surface area contributed by atoms with E-state index in [1.165, 1.54) is 35.0 Å². The van der Waals surface area contributed by atoms with Crippen molar-refractivity contribution in [3.05, 3.63) is 59.2 Å². The van der Waals surface area contributed by atoms with Crippen LogP contribution in [0.1, 0.15) is 39.9 Å². The Morgan fingerprint density at radius 3 is 2.79 bits per heavy atom. The molecule has 0 radical (unpaired) electrons. The first-order valence-electron chi connectivity index (χ1n) is 12.3. The topological polar surface area (TPSA) is 136 Å². The Labute approximate surface area is 225 Å². The van der Waals surface area contributed by atoms with E-state index in [0.717, 1.165) is 11.8 Å². The van der Waals surface area contributed by atoms with Gasteiger partial charge < -0.3 is 14.4 Å². The van der Waals surface area contributed by atoms with E-state index in [-0.39, 0.29) is 36.8 Å². The molecule has 2 aromatic rings. The summed E-state index contributed by atoms with van der Waals surface area (Å²) in [5.74, 6) is -1.97. The molecule has 1 N–H and O–H groups in total. The summed E-state index contributed by atoms with van der Waals surface area (Å²) in [4.78, 5) is 30.9. The number of likely N-dealkylation sites (N-methyl/N-ethyl adjacent to an activating group) is 1. The van der Waals surface area contributed by atoms with Gasteiger partial charge in [-0.1, -0.05) is 0 Å². The van der Waals surface area contributed by atoms with Crippen LogP contribution in [0.5, 0.6) is 0 Å². The van der Waals surface area contributed by atoms with Gasteiger partial charge in [-0.3, -0.25) is 23.6 Å². The van der Waals surface area contributed by atoms with Crippen LogP contribution < -0.4 is 5.53 Å². The molecule has 0 spiro atoms. The van der Waals surface area contributed by atoms with E-state index < -0.39 is 27.8 Å². The van der Waals surface area contributed by atoms with Gasteiger partial charge in [-0.05, 0) is 31.5 Å². The molecule has 13 nitrogen and oxygen atoms in total. The number of aromatic nitrogens is 2. The van der Waals surface area contributed by atoms with Crippen LogP contribution in [0.15, 0.2) is 36.4 Å². The van der Waals surface area contributed by atoms with Crippen molar-refractivity contribution in [2.75, 3.05) is 52.8 Å². The predicted molar refractivity (Wildman–Crippen MR) is 136 cm³/mol. The first kappa shape index (κ1) is 28.5. The molecule has 0 fully saturated rings. The lowest BCUT2D eigenvalue weighted by Crippen LogP contribution is -2.39. The van der Waals surface area contributed by atoms with Crippen LogP contribution in [0.2, 0.25) is 0 Å². The minimum absolute atomic E-state index is 0.0328. The second-order valence-electron chi connectivity index (χ2n) is 8.92. The zero-order valence-corrected chi connectivity index (χ0v) is 22.7. The van der Waals surface area contributed by atoms with Crippen LogP contribution >= 0.6 is 0 Å². The number of nitrogens with one attached hydrogen (secondary N) is 1. The lowest BCUT2D eigenvalue weighted by atomic mass is 10.1. The van der Waals surface area contributed by atoms with E-state index in [9.17, 15) is 22.4 Å². The number of nitrogens with zero attached hydrogens (tertiary/aromatic N) is 5. The molecule has 2 aliphatic rings. The van der Waals surface area contributed by atoms with Crippen LogP contribution in [0, 0.1) is 5.82 Å². The van der Waals surface area contributed by atoms with Gasteiger partial charge in [0.1, 0.15) is 25.4 Å². The molecule has 0 unspecified atom stereocenters. The molecule has 1 aromatic carbocycles. The maximum absolute atomic E-state index is 13.8. The van der Waals surface area contributed by atoms with Crippen molar-refractivity contribution in [2.24, 2.45) is 0 Å². The third-order valence-corrected chi connectivity index (χ3v) is 7.40. The van der Waals surface area contributed by atoms with Gasteiger partial charge in [-0.15, -0.1) is 5.53 Å². The van der Waals surface area contributed by atoms with Crippen LogP contribution in [0.3, 0.4) is 0 Å². The number of benzene rings is 1. The van der Waals surface area contributed by atoms with Crippen molar-refractivity contribution in [1.82, 2.24) is 30.0 Å². The average molecular weight is 567 g/mol. The Bertz CT molecular complexity index is 1360. The zero-order chi connectivity index (χ0) is 28.2. The number of hydrogen-bond donors (Lipinski definition) is 1. The summed E-state index contributed by atoms with van der Waals surface area (Å²) in [7, 11) is -0.468. The minimum Gasteiger partial charge on any atom is -0.458 e. The monoisotopic (exact) mass is 566 g/mol. The summed E-state index contributed by atoms with van der Waals surface area (Å²) in [5, 5.41) is 3.56. The van der Waals surface area contributed by atoms with E-state index in [4.69, 9.17) is 13.7 Å². The third-order valence-electron chi connectivity index (χ3n) is 6.08. The van der Waals surface area contributed by atoms with Gasteiger partial charge in [0.15, 0.2) is 5.69 Å². The molecule has 3 heterocycles. The summed E-state index contributed by atoms with van der Waals surface area (Å²) in [6.07, 6.45) is 3.52. The van der Waals surface area contributed by atoms with Crippen molar-refractivity contribution < 1.29 is 36.1 Å². The van der Waals surface area contributed by atoms with Crippen molar-refractivity contribution in [1.29, 1.82) is 0 Å². The smallest absolute Gasteiger partial charge is 0.358 e. The lowest BCUT2D eigenvalue weighted by Gasteiger charge is -2.20. The highest BCUT2D eigenvalue weighted by Gasteiger charge is 2.29. The van der Waals surface area contributed by atoms with Gasteiger partial charge in [0, 0.05) is 33.4 Å². The van der Waals surface area contributed by atoms with E-state index in [0.29, 0.717) is 37.6 Å². The van der Waals surface area contributed by atoms with Crippen molar-refractivity contribution in [3.8, 4) is 5.69 Å². The summed E-state index contributed by atoms with van der Waals surface area (Å²) < 4.78 is 55.4. The Hall–Kier alpha value is -3.53. The van der Waals surface area contributed by atoms with E-state index >= 15 is 0 Å². The normalized spacial score (nSPS) is 15.2. The van der Waals surface area contributed by atoms with Crippen molar-refractivity contribution >= 4 is 22.0 Å². The quantitative estimate of drug-likeness (QED) is 0.224. The molecule has 39 heavy (non-hydrogen) atoms. The predicted octanol–water partition coefficient (Wildman–Crippen LogP) is 1.04. The number of amides is 1. The van der Waals surface area contributed by atoms with Gasteiger partial charge in [0.2, 0.25) is 0 Å². The largest absolute Gasteiger partial charge is 0.458 e. The lowest BCUT2D eigenvalue weighted by molar-refractivity contribution is 0.0443. The van der Waals surface area contributed by atoms with Gasteiger partial charge in [0.25, 0.3) is 16.0 Å². The van der Waals surface area contributed by atoms with Crippen molar-refractivity contribution in [3.63, 3.8) is 0 Å². The second-order valence-corrected chi connectivity index (χ2v) is 10.7. The molecule has 212 valence electrons. The van der Waals surface area contributed by atoms with Gasteiger partial charge in [-0.25, -0.2) is 14.2 Å². The average Bonchev–Trinajstić information content (AvgIpc) is 3.44. The Morgan fingerprint density at radius 2 is 2.03 bits per heavy atom. The number of carbonyl (C=O) groups excluding carboxylic acids is 2. The fraction of sp³-hybridized carbons (Fsp3) is 0.458. The molecule has 0 saturated heterocycles. The summed E-state index contributed by atoms with van der Waals surface area (Å²) in [6.45, 7) is 2.74. The molecule has 4 rings (SSSR count). The van der Waals surface area contributed by atoms with Gasteiger partial charge in [0.05, 0.1) is 41.5 Å². The van der Waals surface area contributed by atoms with Gasteiger partial charge >= 0.3 is 5.97 Å². The highest BCUT2D eigenvalue weighted by atomic mass is 32.2. The van der Waals surface area contributed by atoms with Crippen LogP contribution in [-0.4, -0.2) is 97.6 Å². The fourth-order valence-corrected chi connectivity index (χ4v) is 5.06. The van der Waals surface area contributed by atoms with E-state index in [1.807, 2.05) is 20.2 Å². The van der Waals surface area contributed by atoms with E-state index in [1.54, 1.807) is 10.0 Å². The fourth-order valence-electron chi connectivity index (χ4n) is 4.14. The molecule has 0 aliphatic carbocycles. The number of halogens is 1.